The van der Waals surface area contributed by atoms with Gasteiger partial charge in [0.05, 0.1) is 0 Å². The molecule has 1 aliphatic rings. The Labute approximate surface area is 102 Å². The second-order valence-electron chi connectivity index (χ2n) is 4.54. The van der Waals surface area contributed by atoms with Crippen molar-refractivity contribution in [3.63, 3.8) is 0 Å². The Bertz CT molecular complexity index is 359. The lowest BCUT2D eigenvalue weighted by molar-refractivity contribution is -0.203. The molecule has 5 nitrogen and oxygen atoms in total. The van der Waals surface area contributed by atoms with Gasteiger partial charge in [0.1, 0.15) is 0 Å². The molecule has 1 rings (SSSR count). The Kier molecular flexibility index (Phi) is 3.78. The van der Waals surface area contributed by atoms with Gasteiger partial charge in [0, 0.05) is 6.04 Å². The van der Waals surface area contributed by atoms with Gasteiger partial charge in [-0.3, -0.25) is 0 Å². The molecule has 0 aromatic rings. The number of aliphatic carboxylic acids is 1. The molecule has 0 radical (unpaired) electrons. The monoisotopic (exact) mass is 268 g/mol. The quantitative estimate of drug-likeness (QED) is 0.722. The Balaban J connectivity index is 2.63. The van der Waals surface area contributed by atoms with Crippen molar-refractivity contribution >= 4 is 12.0 Å². The molecule has 1 aliphatic carbocycles. The fourth-order valence-electron chi connectivity index (χ4n) is 1.55. The zero-order valence-corrected chi connectivity index (χ0v) is 9.97. The van der Waals surface area contributed by atoms with E-state index in [2.05, 4.69) is 5.32 Å². The molecule has 1 fully saturated rings. The van der Waals surface area contributed by atoms with Crippen molar-refractivity contribution in [3.05, 3.63) is 0 Å². The zero-order chi connectivity index (χ0) is 14.1. The third kappa shape index (κ3) is 2.85. The largest absolute Gasteiger partial charge is 0.479 e. The molecule has 3 N–H and O–H groups in total. The van der Waals surface area contributed by atoms with E-state index in [1.165, 1.54) is 5.32 Å². The average Bonchev–Trinajstić information content (AvgIpc) is 2.93. The summed E-state index contributed by atoms with van der Waals surface area (Å²) >= 11 is 0. The van der Waals surface area contributed by atoms with Gasteiger partial charge >= 0.3 is 18.2 Å². The van der Waals surface area contributed by atoms with Crippen molar-refractivity contribution in [1.29, 1.82) is 0 Å². The highest BCUT2D eigenvalue weighted by molar-refractivity contribution is 5.87. The van der Waals surface area contributed by atoms with Crippen LogP contribution in [0.25, 0.3) is 0 Å². The molecule has 1 saturated carbocycles. The predicted octanol–water partition coefficient (Wildman–Crippen LogP) is 1.49. The van der Waals surface area contributed by atoms with Crippen molar-refractivity contribution in [2.75, 3.05) is 0 Å². The smallest absolute Gasteiger partial charge is 0.422 e. The summed E-state index contributed by atoms with van der Waals surface area (Å²) in [6.45, 7) is 2.32. The van der Waals surface area contributed by atoms with E-state index in [-0.39, 0.29) is 12.0 Å². The van der Waals surface area contributed by atoms with Gasteiger partial charge in [-0.15, -0.1) is 0 Å². The molecule has 0 heterocycles. The summed E-state index contributed by atoms with van der Waals surface area (Å²) < 4.78 is 37.8. The van der Waals surface area contributed by atoms with Gasteiger partial charge < -0.3 is 15.7 Å². The number of nitrogens with one attached hydrogen (secondary N) is 2. The molecule has 0 saturated heterocycles. The van der Waals surface area contributed by atoms with Gasteiger partial charge in [-0.05, 0) is 19.3 Å². The third-order valence-corrected chi connectivity index (χ3v) is 3.12. The molecule has 3 unspecified atom stereocenters. The highest BCUT2D eigenvalue weighted by Crippen LogP contribution is 2.34. The Morgan fingerprint density at radius 3 is 2.28 bits per heavy atom. The maximum absolute atomic E-state index is 12.6. The maximum atomic E-state index is 12.6. The van der Waals surface area contributed by atoms with Crippen LogP contribution in [0.3, 0.4) is 0 Å². The fourth-order valence-corrected chi connectivity index (χ4v) is 1.55. The van der Waals surface area contributed by atoms with E-state index in [1.807, 2.05) is 6.92 Å². The first-order valence-corrected chi connectivity index (χ1v) is 5.50. The SMILES string of the molecule is CCC1CC1NC(=O)NC(C)(C(=O)O)C(F)(F)F. The van der Waals surface area contributed by atoms with Crippen LogP contribution in [0.2, 0.25) is 0 Å². The van der Waals surface area contributed by atoms with Crippen LogP contribution in [0.1, 0.15) is 26.7 Å². The van der Waals surface area contributed by atoms with Crippen molar-refractivity contribution in [1.82, 2.24) is 10.6 Å². The van der Waals surface area contributed by atoms with Gasteiger partial charge in [0.15, 0.2) is 0 Å². The summed E-state index contributed by atoms with van der Waals surface area (Å²) in [6.07, 6.45) is -3.54. The molecule has 0 aromatic carbocycles. The Morgan fingerprint density at radius 2 is 1.94 bits per heavy atom. The molecule has 104 valence electrons. The topological polar surface area (TPSA) is 78.4 Å². The van der Waals surface area contributed by atoms with E-state index in [4.69, 9.17) is 5.11 Å². The van der Waals surface area contributed by atoms with Gasteiger partial charge in [-0.1, -0.05) is 13.3 Å². The normalized spacial score (nSPS) is 26.1. The maximum Gasteiger partial charge on any atom is 0.422 e. The van der Waals surface area contributed by atoms with Crippen LogP contribution in [0.5, 0.6) is 0 Å². The molecule has 0 aliphatic heterocycles. The fraction of sp³-hybridized carbons (Fsp3) is 0.800. The first-order chi connectivity index (χ1) is 8.11. The molecule has 2 amide bonds. The number of hydrogen-bond acceptors (Lipinski definition) is 2. The molecule has 0 aromatic heterocycles. The second kappa shape index (κ2) is 4.66. The number of hydrogen-bond donors (Lipinski definition) is 3. The van der Waals surface area contributed by atoms with E-state index in [0.29, 0.717) is 13.3 Å². The number of halogens is 3. The summed E-state index contributed by atoms with van der Waals surface area (Å²) in [6, 6.07) is -1.28. The van der Waals surface area contributed by atoms with Crippen molar-refractivity contribution in [3.8, 4) is 0 Å². The Hall–Kier alpha value is -1.47. The Morgan fingerprint density at radius 1 is 1.39 bits per heavy atom. The summed E-state index contributed by atoms with van der Waals surface area (Å²) in [4.78, 5) is 22.0. The zero-order valence-electron chi connectivity index (χ0n) is 9.97. The molecule has 3 atom stereocenters. The van der Waals surface area contributed by atoms with Crippen LogP contribution in [-0.2, 0) is 4.79 Å². The minimum absolute atomic E-state index is 0.165. The minimum atomic E-state index is -5.07. The number of carbonyl (C=O) groups excluding carboxylic acids is 1. The van der Waals surface area contributed by atoms with Gasteiger partial charge in [0.25, 0.3) is 0 Å². The number of carboxylic acid groups (broad SMARTS) is 1. The molecule has 0 spiro atoms. The number of urea groups is 1. The summed E-state index contributed by atoms with van der Waals surface area (Å²) in [5, 5.41) is 12.4. The highest BCUT2D eigenvalue weighted by Gasteiger charge is 2.58. The number of carboxylic acids is 1. The van der Waals surface area contributed by atoms with Gasteiger partial charge in [-0.2, -0.15) is 13.2 Å². The van der Waals surface area contributed by atoms with Crippen LogP contribution >= 0.6 is 0 Å². The number of carbonyl (C=O) groups is 2. The first kappa shape index (κ1) is 14.6. The van der Waals surface area contributed by atoms with Crippen LogP contribution in [-0.4, -0.2) is 34.9 Å². The van der Waals surface area contributed by atoms with E-state index < -0.39 is 23.7 Å². The lowest BCUT2D eigenvalue weighted by Crippen LogP contribution is -2.63. The minimum Gasteiger partial charge on any atom is -0.479 e. The summed E-state index contributed by atoms with van der Waals surface area (Å²) in [5.41, 5.74) is -3.28. The van der Waals surface area contributed by atoms with Gasteiger partial charge in [0.2, 0.25) is 5.54 Å². The van der Waals surface area contributed by atoms with E-state index in [1.54, 1.807) is 0 Å². The summed E-state index contributed by atoms with van der Waals surface area (Å²) in [5.74, 6) is -1.88. The van der Waals surface area contributed by atoms with Gasteiger partial charge in [-0.25, -0.2) is 9.59 Å². The van der Waals surface area contributed by atoms with E-state index in [9.17, 15) is 22.8 Å². The molecule has 18 heavy (non-hydrogen) atoms. The molecule has 8 heteroatoms. The van der Waals surface area contributed by atoms with Crippen molar-refractivity contribution < 1.29 is 27.9 Å². The third-order valence-electron chi connectivity index (χ3n) is 3.12. The predicted molar refractivity (Wildman–Crippen MR) is 55.9 cm³/mol. The van der Waals surface area contributed by atoms with Crippen LogP contribution in [0, 0.1) is 5.92 Å². The van der Waals surface area contributed by atoms with Crippen molar-refractivity contribution in [2.24, 2.45) is 5.92 Å². The number of amides is 2. The second-order valence-corrected chi connectivity index (χ2v) is 4.54. The standard InChI is InChI=1S/C10H15F3N2O3/c1-3-5-4-6(5)14-8(18)15-9(2,7(16)17)10(11,12)13/h5-6H,3-4H2,1-2H3,(H,16,17)(H2,14,15,18). The molecular weight excluding hydrogens is 253 g/mol. The first-order valence-electron chi connectivity index (χ1n) is 5.50. The van der Waals surface area contributed by atoms with Crippen LogP contribution in [0.4, 0.5) is 18.0 Å². The van der Waals surface area contributed by atoms with Crippen LogP contribution < -0.4 is 10.6 Å². The summed E-state index contributed by atoms with van der Waals surface area (Å²) in [7, 11) is 0. The number of rotatable bonds is 4. The van der Waals surface area contributed by atoms with Crippen LogP contribution in [0.15, 0.2) is 0 Å². The average molecular weight is 268 g/mol. The number of alkyl halides is 3. The van der Waals surface area contributed by atoms with Crippen molar-refractivity contribution in [2.45, 2.75) is 44.4 Å². The molecular formula is C10H15F3N2O3. The van der Waals surface area contributed by atoms with E-state index in [0.717, 1.165) is 6.42 Å². The lowest BCUT2D eigenvalue weighted by Gasteiger charge is -2.28. The molecule has 0 bridgehead atoms. The highest BCUT2D eigenvalue weighted by atomic mass is 19.4. The van der Waals surface area contributed by atoms with E-state index >= 15 is 0 Å². The lowest BCUT2D eigenvalue weighted by atomic mass is 10.0.